The number of nitrogens with zero attached hydrogens (tertiary/aromatic N) is 1. The van der Waals surface area contributed by atoms with Crippen LogP contribution in [0.1, 0.15) is 46.8 Å². The Balaban J connectivity index is 1.80. The summed E-state index contributed by atoms with van der Waals surface area (Å²) < 4.78 is 0. The van der Waals surface area contributed by atoms with E-state index in [2.05, 4.69) is 29.2 Å². The summed E-state index contributed by atoms with van der Waals surface area (Å²) in [6, 6.07) is 14.0. The number of rotatable bonds is 3. The minimum absolute atomic E-state index is 0.155. The summed E-state index contributed by atoms with van der Waals surface area (Å²) in [4.78, 5) is 16.4. The summed E-state index contributed by atoms with van der Waals surface area (Å²) in [6.45, 7) is 0. The van der Waals surface area contributed by atoms with Crippen molar-refractivity contribution < 1.29 is 4.79 Å². The first-order valence-electron chi connectivity index (χ1n) is 6.86. The summed E-state index contributed by atoms with van der Waals surface area (Å²) in [5.41, 5.74) is 3.36. The number of Topliss-reactive ketones (excluding diaryl/α,β-unsaturated/α-hetero) is 1. The molecular formula is C17H17NO. The molecule has 0 bridgehead atoms. The molecule has 0 aliphatic heterocycles. The smallest absolute Gasteiger partial charge is 0.181 e. The molecule has 2 nitrogen and oxygen atoms in total. The van der Waals surface area contributed by atoms with Crippen LogP contribution in [0, 0.1) is 0 Å². The van der Waals surface area contributed by atoms with Crippen LogP contribution < -0.4 is 0 Å². The maximum Gasteiger partial charge on any atom is 0.181 e. The molecule has 3 rings (SSSR count). The van der Waals surface area contributed by atoms with Crippen molar-refractivity contribution in [3.63, 3.8) is 0 Å². The Hall–Kier alpha value is -1.96. The molecule has 0 N–H and O–H groups in total. The molecule has 2 aromatic rings. The van der Waals surface area contributed by atoms with E-state index in [1.54, 1.807) is 12.3 Å². The fourth-order valence-corrected chi connectivity index (χ4v) is 2.92. The lowest BCUT2D eigenvalue weighted by atomic mass is 9.80. The first-order chi connectivity index (χ1) is 9.34. The average Bonchev–Trinajstić information content (AvgIpc) is 2.48. The predicted molar refractivity (Wildman–Crippen MR) is 75.3 cm³/mol. The third-order valence-electron chi connectivity index (χ3n) is 3.88. The maximum atomic E-state index is 12.3. The molecule has 1 aliphatic carbocycles. The van der Waals surface area contributed by atoms with Crippen molar-refractivity contribution in [1.29, 1.82) is 0 Å². The van der Waals surface area contributed by atoms with Crippen molar-refractivity contribution in [1.82, 2.24) is 4.98 Å². The van der Waals surface area contributed by atoms with E-state index in [1.807, 2.05) is 12.1 Å². The largest absolute Gasteiger partial charge is 0.292 e. The Labute approximate surface area is 113 Å². The van der Waals surface area contributed by atoms with Crippen LogP contribution in [-0.4, -0.2) is 10.8 Å². The number of aromatic nitrogens is 1. The number of hydrogen-bond acceptors (Lipinski definition) is 2. The second-order valence-electron chi connectivity index (χ2n) is 5.13. The van der Waals surface area contributed by atoms with Gasteiger partial charge in [-0.1, -0.05) is 30.3 Å². The Morgan fingerprint density at radius 2 is 2.00 bits per heavy atom. The first-order valence-corrected chi connectivity index (χ1v) is 6.86. The normalized spacial score (nSPS) is 17.8. The van der Waals surface area contributed by atoms with Crippen LogP contribution in [0.3, 0.4) is 0 Å². The van der Waals surface area contributed by atoms with Crippen molar-refractivity contribution in [2.75, 3.05) is 0 Å². The Kier molecular flexibility index (Phi) is 3.41. The number of pyridine rings is 1. The molecule has 1 aromatic heterocycles. The third-order valence-corrected chi connectivity index (χ3v) is 3.88. The van der Waals surface area contributed by atoms with Gasteiger partial charge in [0.05, 0.1) is 0 Å². The number of carbonyl (C=O) groups is 1. The van der Waals surface area contributed by atoms with E-state index in [9.17, 15) is 4.79 Å². The molecule has 1 heterocycles. The average molecular weight is 251 g/mol. The zero-order valence-corrected chi connectivity index (χ0v) is 10.9. The topological polar surface area (TPSA) is 30.0 Å². The lowest BCUT2D eigenvalue weighted by molar-refractivity contribution is 0.0966. The van der Waals surface area contributed by atoms with Crippen LogP contribution in [0.4, 0.5) is 0 Å². The number of hydrogen-bond donors (Lipinski definition) is 0. The molecule has 0 fully saturated rings. The van der Waals surface area contributed by atoms with Gasteiger partial charge in [-0.25, -0.2) is 0 Å². The molecule has 0 spiro atoms. The molecule has 1 aromatic carbocycles. The van der Waals surface area contributed by atoms with Gasteiger partial charge < -0.3 is 0 Å². The number of benzene rings is 1. The highest BCUT2D eigenvalue weighted by molar-refractivity contribution is 5.94. The van der Waals surface area contributed by atoms with Crippen molar-refractivity contribution in [3.05, 3.63) is 65.5 Å². The minimum Gasteiger partial charge on any atom is -0.292 e. The minimum atomic E-state index is 0.155. The summed E-state index contributed by atoms with van der Waals surface area (Å²) in [7, 11) is 0. The number of aryl methyl sites for hydroxylation is 1. The van der Waals surface area contributed by atoms with E-state index in [4.69, 9.17) is 0 Å². The molecule has 1 unspecified atom stereocenters. The molecular weight excluding hydrogens is 234 g/mol. The number of fused-ring (bicyclic) bond motifs is 1. The van der Waals surface area contributed by atoms with Crippen LogP contribution in [0.25, 0.3) is 0 Å². The lowest BCUT2D eigenvalue weighted by Gasteiger charge is -2.24. The summed E-state index contributed by atoms with van der Waals surface area (Å²) in [5, 5.41) is 0. The maximum absolute atomic E-state index is 12.3. The van der Waals surface area contributed by atoms with Gasteiger partial charge in [-0.05, 0) is 48.4 Å². The van der Waals surface area contributed by atoms with Gasteiger partial charge in [0, 0.05) is 12.6 Å². The van der Waals surface area contributed by atoms with E-state index in [0.29, 0.717) is 18.0 Å². The van der Waals surface area contributed by atoms with Gasteiger partial charge in [0.25, 0.3) is 0 Å². The molecule has 0 saturated heterocycles. The number of carbonyl (C=O) groups excluding carboxylic acids is 1. The molecule has 19 heavy (non-hydrogen) atoms. The number of ketones is 1. The first kappa shape index (κ1) is 12.1. The predicted octanol–water partition coefficient (Wildman–Crippen LogP) is 3.77. The van der Waals surface area contributed by atoms with Gasteiger partial charge in [-0.2, -0.15) is 0 Å². The van der Waals surface area contributed by atoms with Crippen LogP contribution in [0.2, 0.25) is 0 Å². The van der Waals surface area contributed by atoms with Crippen molar-refractivity contribution in [3.8, 4) is 0 Å². The standard InChI is InChI=1S/C17H17NO/c19-17(16-10-3-4-11-18-16)12-14-8-5-7-13-6-1-2-9-15(13)14/h1-4,6,9-11,14H,5,7-8,12H2. The summed E-state index contributed by atoms with van der Waals surface area (Å²) >= 11 is 0. The van der Waals surface area contributed by atoms with Crippen molar-refractivity contribution in [2.45, 2.75) is 31.6 Å². The second kappa shape index (κ2) is 5.35. The molecule has 0 radical (unpaired) electrons. The van der Waals surface area contributed by atoms with Gasteiger partial charge in [-0.15, -0.1) is 0 Å². The highest BCUT2D eigenvalue weighted by atomic mass is 16.1. The molecule has 96 valence electrons. The van der Waals surface area contributed by atoms with Gasteiger partial charge >= 0.3 is 0 Å². The second-order valence-corrected chi connectivity index (χ2v) is 5.13. The van der Waals surface area contributed by atoms with Gasteiger partial charge in [-0.3, -0.25) is 9.78 Å². The van der Waals surface area contributed by atoms with Crippen molar-refractivity contribution >= 4 is 5.78 Å². The van der Waals surface area contributed by atoms with Crippen LogP contribution in [-0.2, 0) is 6.42 Å². The van der Waals surface area contributed by atoms with Gasteiger partial charge in [0.1, 0.15) is 5.69 Å². The highest BCUT2D eigenvalue weighted by Crippen LogP contribution is 2.34. The van der Waals surface area contributed by atoms with Crippen LogP contribution in [0.5, 0.6) is 0 Å². The van der Waals surface area contributed by atoms with E-state index < -0.39 is 0 Å². The third kappa shape index (κ3) is 2.58. The monoisotopic (exact) mass is 251 g/mol. The van der Waals surface area contributed by atoms with E-state index in [0.717, 1.165) is 12.8 Å². The zero-order chi connectivity index (χ0) is 13.1. The molecule has 0 saturated carbocycles. The Morgan fingerprint density at radius 1 is 1.16 bits per heavy atom. The van der Waals surface area contributed by atoms with Gasteiger partial charge in [0.2, 0.25) is 0 Å². The van der Waals surface area contributed by atoms with Crippen LogP contribution in [0.15, 0.2) is 48.7 Å². The van der Waals surface area contributed by atoms with E-state index in [1.165, 1.54) is 17.5 Å². The molecule has 2 heteroatoms. The molecule has 1 aliphatic rings. The van der Waals surface area contributed by atoms with E-state index >= 15 is 0 Å². The quantitative estimate of drug-likeness (QED) is 0.777. The highest BCUT2D eigenvalue weighted by Gasteiger charge is 2.23. The lowest BCUT2D eigenvalue weighted by Crippen LogP contribution is -2.14. The van der Waals surface area contributed by atoms with Gasteiger partial charge in [0.15, 0.2) is 5.78 Å². The molecule has 0 amide bonds. The molecule has 1 atom stereocenters. The van der Waals surface area contributed by atoms with Crippen molar-refractivity contribution in [2.24, 2.45) is 0 Å². The Bertz CT molecular complexity index is 577. The fraction of sp³-hybridized carbons (Fsp3) is 0.294. The van der Waals surface area contributed by atoms with E-state index in [-0.39, 0.29) is 5.78 Å². The fourth-order valence-electron chi connectivity index (χ4n) is 2.92. The van der Waals surface area contributed by atoms with Crippen LogP contribution >= 0.6 is 0 Å². The summed E-state index contributed by atoms with van der Waals surface area (Å²) in [6.07, 6.45) is 5.69. The SMILES string of the molecule is O=C(CC1CCCc2ccccc21)c1ccccn1. The summed E-state index contributed by atoms with van der Waals surface area (Å²) in [5.74, 6) is 0.516. The zero-order valence-electron chi connectivity index (χ0n) is 10.9. The Morgan fingerprint density at radius 3 is 2.84 bits per heavy atom.